The van der Waals surface area contributed by atoms with Gasteiger partial charge in [-0.15, -0.1) is 11.3 Å². The molecule has 0 unspecified atom stereocenters. The second kappa shape index (κ2) is 3.72. The molecule has 0 spiro atoms. The van der Waals surface area contributed by atoms with Crippen LogP contribution in [0, 0.1) is 6.92 Å². The predicted octanol–water partition coefficient (Wildman–Crippen LogP) is 2.41. The Bertz CT molecular complexity index is 289. The zero-order valence-electron chi connectivity index (χ0n) is 7.51. The molecule has 0 aromatic carbocycles. The van der Waals surface area contributed by atoms with Gasteiger partial charge in [-0.25, -0.2) is 4.79 Å². The first-order valence-electron chi connectivity index (χ1n) is 3.86. The zero-order chi connectivity index (χ0) is 9.14. The molecule has 1 heterocycles. The van der Waals surface area contributed by atoms with Gasteiger partial charge >= 0.3 is 5.97 Å². The molecule has 3 heteroatoms. The maximum absolute atomic E-state index is 11.1. The Labute approximate surface area is 76.2 Å². The molecule has 0 amide bonds. The monoisotopic (exact) mass is 184 g/mol. The van der Waals surface area contributed by atoms with Gasteiger partial charge in [0.05, 0.1) is 7.11 Å². The van der Waals surface area contributed by atoms with Gasteiger partial charge in [-0.3, -0.25) is 0 Å². The summed E-state index contributed by atoms with van der Waals surface area (Å²) in [5, 5.41) is 0. The maximum Gasteiger partial charge on any atom is 0.348 e. The molecule has 1 rings (SSSR count). The summed E-state index contributed by atoms with van der Waals surface area (Å²) in [5.74, 6) is -0.234. The van der Waals surface area contributed by atoms with E-state index >= 15 is 0 Å². The average Bonchev–Trinajstić information content (AvgIpc) is 2.45. The first-order chi connectivity index (χ1) is 5.69. The largest absolute Gasteiger partial charge is 0.465 e. The minimum atomic E-state index is -0.234. The summed E-state index contributed by atoms with van der Waals surface area (Å²) >= 11 is 1.52. The first-order valence-corrected chi connectivity index (χ1v) is 4.68. The molecular weight excluding hydrogens is 172 g/mol. The molecule has 0 saturated heterocycles. The van der Waals surface area contributed by atoms with Crippen LogP contribution in [0.2, 0.25) is 0 Å². The Kier molecular flexibility index (Phi) is 2.87. The van der Waals surface area contributed by atoms with E-state index in [-0.39, 0.29) is 5.97 Å². The molecule has 0 radical (unpaired) electrons. The summed E-state index contributed by atoms with van der Waals surface area (Å²) < 4.78 is 4.62. The van der Waals surface area contributed by atoms with Crippen molar-refractivity contribution in [3.8, 4) is 0 Å². The van der Waals surface area contributed by atoms with Crippen LogP contribution in [0.25, 0.3) is 0 Å². The molecule has 0 aliphatic carbocycles. The second-order valence-electron chi connectivity index (χ2n) is 2.56. The highest BCUT2D eigenvalue weighted by atomic mass is 32.1. The number of hydrogen-bond donors (Lipinski definition) is 0. The maximum atomic E-state index is 11.1. The molecule has 0 aliphatic heterocycles. The van der Waals surface area contributed by atoms with E-state index in [1.54, 1.807) is 0 Å². The molecule has 0 atom stereocenters. The van der Waals surface area contributed by atoms with Crippen molar-refractivity contribution in [2.45, 2.75) is 20.3 Å². The third-order valence-corrected chi connectivity index (χ3v) is 3.09. The standard InChI is InChI=1S/C9H12O2S/c1-4-7-6(2)5-8(12-7)9(10)11-3/h5H,4H2,1-3H3. The Morgan fingerprint density at radius 2 is 2.33 bits per heavy atom. The second-order valence-corrected chi connectivity index (χ2v) is 3.70. The van der Waals surface area contributed by atoms with E-state index in [1.807, 2.05) is 13.0 Å². The summed E-state index contributed by atoms with van der Waals surface area (Å²) in [6, 6.07) is 1.88. The average molecular weight is 184 g/mol. The summed E-state index contributed by atoms with van der Waals surface area (Å²) in [7, 11) is 1.41. The van der Waals surface area contributed by atoms with Gasteiger partial charge in [-0.1, -0.05) is 6.92 Å². The Morgan fingerprint density at radius 3 is 2.75 bits per heavy atom. The van der Waals surface area contributed by atoms with Crippen molar-refractivity contribution in [2.75, 3.05) is 7.11 Å². The highest BCUT2D eigenvalue weighted by Gasteiger charge is 2.10. The fourth-order valence-corrected chi connectivity index (χ4v) is 2.10. The van der Waals surface area contributed by atoms with Crippen LogP contribution in [0.1, 0.15) is 27.0 Å². The Balaban J connectivity index is 2.96. The summed E-state index contributed by atoms with van der Waals surface area (Å²) in [6.45, 7) is 4.10. The SMILES string of the molecule is CCc1sc(C(=O)OC)cc1C. The van der Waals surface area contributed by atoms with Crippen molar-refractivity contribution in [3.63, 3.8) is 0 Å². The highest BCUT2D eigenvalue weighted by molar-refractivity contribution is 7.14. The van der Waals surface area contributed by atoms with Gasteiger partial charge in [0.15, 0.2) is 0 Å². The van der Waals surface area contributed by atoms with Crippen molar-refractivity contribution < 1.29 is 9.53 Å². The van der Waals surface area contributed by atoms with E-state index in [0.717, 1.165) is 6.42 Å². The number of hydrogen-bond acceptors (Lipinski definition) is 3. The van der Waals surface area contributed by atoms with Gasteiger partial charge < -0.3 is 4.74 Å². The van der Waals surface area contributed by atoms with Gasteiger partial charge in [0.1, 0.15) is 4.88 Å². The lowest BCUT2D eigenvalue weighted by molar-refractivity contribution is 0.0606. The van der Waals surface area contributed by atoms with E-state index in [4.69, 9.17) is 0 Å². The van der Waals surface area contributed by atoms with Gasteiger partial charge in [-0.05, 0) is 25.0 Å². The van der Waals surface area contributed by atoms with Gasteiger partial charge in [0.2, 0.25) is 0 Å². The lowest BCUT2D eigenvalue weighted by Crippen LogP contribution is -1.96. The van der Waals surface area contributed by atoms with Crippen LogP contribution in [0.3, 0.4) is 0 Å². The highest BCUT2D eigenvalue weighted by Crippen LogP contribution is 2.22. The van der Waals surface area contributed by atoms with Gasteiger partial charge in [0.25, 0.3) is 0 Å². The van der Waals surface area contributed by atoms with Crippen LogP contribution in [0.5, 0.6) is 0 Å². The molecule has 0 aliphatic rings. The Hall–Kier alpha value is -0.830. The smallest absolute Gasteiger partial charge is 0.348 e. The zero-order valence-corrected chi connectivity index (χ0v) is 8.33. The van der Waals surface area contributed by atoms with Crippen LogP contribution in [0.4, 0.5) is 0 Å². The van der Waals surface area contributed by atoms with Crippen LogP contribution in [-0.2, 0) is 11.2 Å². The normalized spacial score (nSPS) is 9.92. The fourth-order valence-electron chi connectivity index (χ4n) is 1.07. The van der Waals surface area contributed by atoms with Crippen LogP contribution in [0.15, 0.2) is 6.07 Å². The summed E-state index contributed by atoms with van der Waals surface area (Å²) in [4.78, 5) is 13.0. The number of carbonyl (C=O) groups is 1. The van der Waals surface area contributed by atoms with E-state index < -0.39 is 0 Å². The van der Waals surface area contributed by atoms with Crippen molar-refractivity contribution in [1.29, 1.82) is 0 Å². The van der Waals surface area contributed by atoms with Crippen molar-refractivity contribution in [3.05, 3.63) is 21.4 Å². The van der Waals surface area contributed by atoms with Crippen molar-refractivity contribution in [1.82, 2.24) is 0 Å². The number of thiophene rings is 1. The Morgan fingerprint density at radius 1 is 1.67 bits per heavy atom. The number of aryl methyl sites for hydroxylation is 2. The fraction of sp³-hybridized carbons (Fsp3) is 0.444. The van der Waals surface area contributed by atoms with Crippen LogP contribution < -0.4 is 0 Å². The van der Waals surface area contributed by atoms with E-state index in [1.165, 1.54) is 28.9 Å². The molecule has 66 valence electrons. The molecule has 2 nitrogen and oxygen atoms in total. The van der Waals surface area contributed by atoms with Gasteiger partial charge in [0, 0.05) is 4.88 Å². The molecule has 1 aromatic rings. The van der Waals surface area contributed by atoms with Crippen molar-refractivity contribution in [2.24, 2.45) is 0 Å². The minimum absolute atomic E-state index is 0.234. The molecule has 0 saturated carbocycles. The lowest BCUT2D eigenvalue weighted by atomic mass is 10.2. The molecule has 12 heavy (non-hydrogen) atoms. The van der Waals surface area contributed by atoms with E-state index in [9.17, 15) is 4.79 Å². The lowest BCUT2D eigenvalue weighted by Gasteiger charge is -1.91. The minimum Gasteiger partial charge on any atom is -0.465 e. The number of esters is 1. The van der Waals surface area contributed by atoms with E-state index in [2.05, 4.69) is 11.7 Å². The van der Waals surface area contributed by atoms with Crippen LogP contribution >= 0.6 is 11.3 Å². The molecule has 0 N–H and O–H groups in total. The summed E-state index contributed by atoms with van der Waals surface area (Å²) in [6.07, 6.45) is 0.980. The molecule has 1 aromatic heterocycles. The number of carbonyl (C=O) groups excluding carboxylic acids is 1. The molecular formula is C9H12O2S. The predicted molar refractivity (Wildman–Crippen MR) is 49.8 cm³/mol. The van der Waals surface area contributed by atoms with Crippen LogP contribution in [-0.4, -0.2) is 13.1 Å². The number of methoxy groups -OCH3 is 1. The number of ether oxygens (including phenoxy) is 1. The number of rotatable bonds is 2. The van der Waals surface area contributed by atoms with Gasteiger partial charge in [-0.2, -0.15) is 0 Å². The molecule has 0 fully saturated rings. The quantitative estimate of drug-likeness (QED) is 0.660. The van der Waals surface area contributed by atoms with E-state index in [0.29, 0.717) is 4.88 Å². The third kappa shape index (κ3) is 1.67. The topological polar surface area (TPSA) is 26.3 Å². The van der Waals surface area contributed by atoms with Crippen molar-refractivity contribution >= 4 is 17.3 Å². The third-order valence-electron chi connectivity index (χ3n) is 1.73. The molecule has 0 bridgehead atoms. The summed E-state index contributed by atoms with van der Waals surface area (Å²) in [5.41, 5.74) is 1.18. The first kappa shape index (κ1) is 9.26.